The van der Waals surface area contributed by atoms with Gasteiger partial charge in [0.1, 0.15) is 15.8 Å². The lowest BCUT2D eigenvalue weighted by Gasteiger charge is -2.36. The van der Waals surface area contributed by atoms with Crippen molar-refractivity contribution in [1.29, 1.82) is 0 Å². The van der Waals surface area contributed by atoms with Gasteiger partial charge in [0.25, 0.3) is 0 Å². The summed E-state index contributed by atoms with van der Waals surface area (Å²) < 4.78 is 5.27. The molecule has 4 aromatic rings. The van der Waals surface area contributed by atoms with Crippen LogP contribution in [0.1, 0.15) is 19.8 Å². The molecule has 1 aliphatic heterocycles. The van der Waals surface area contributed by atoms with Crippen LogP contribution in [0.3, 0.4) is 0 Å². The van der Waals surface area contributed by atoms with Gasteiger partial charge in [0, 0.05) is 24.0 Å². The van der Waals surface area contributed by atoms with Crippen molar-refractivity contribution in [2.45, 2.75) is 35.4 Å². The molecule has 0 radical (unpaired) electrons. The van der Waals surface area contributed by atoms with Crippen LogP contribution in [-0.4, -0.2) is 50.7 Å². The zero-order chi connectivity index (χ0) is 20.7. The van der Waals surface area contributed by atoms with Crippen LogP contribution >= 0.6 is 11.8 Å². The van der Waals surface area contributed by atoms with E-state index in [1.807, 2.05) is 30.3 Å². The smallest absolute Gasteiger partial charge is 0.206 e. The first kappa shape index (κ1) is 19.1. The Labute approximate surface area is 178 Å². The molecule has 5 rings (SSSR count). The average Bonchev–Trinajstić information content (AvgIpc) is 3.16. The standard InChI is InChI=1S/C21H23N7OS/c1-21(22)7-9-28(10-8-21)20-26-18-19(27-20)25-17(12-23-18)30-16-6-3-13-11-14(29-2)4-5-15(13)24-16/h3-6,11-12H,7-10,22H2,1-2H3,(H,23,25,26,27). The number of aromatic amines is 1. The van der Waals surface area contributed by atoms with Gasteiger partial charge in [-0.2, -0.15) is 4.98 Å². The van der Waals surface area contributed by atoms with E-state index in [2.05, 4.69) is 31.8 Å². The predicted molar refractivity (Wildman–Crippen MR) is 118 cm³/mol. The van der Waals surface area contributed by atoms with E-state index in [1.165, 1.54) is 11.8 Å². The number of ether oxygens (including phenoxy) is 1. The normalized spacial score (nSPS) is 16.3. The van der Waals surface area contributed by atoms with Gasteiger partial charge in [-0.15, -0.1) is 0 Å². The summed E-state index contributed by atoms with van der Waals surface area (Å²) in [6, 6.07) is 9.85. The van der Waals surface area contributed by atoms with Crippen LogP contribution in [0, 0.1) is 0 Å². The summed E-state index contributed by atoms with van der Waals surface area (Å²) in [6.07, 6.45) is 3.62. The van der Waals surface area contributed by atoms with Crippen LogP contribution < -0.4 is 15.4 Å². The fourth-order valence-corrected chi connectivity index (χ4v) is 4.30. The molecule has 0 aliphatic carbocycles. The van der Waals surface area contributed by atoms with E-state index in [9.17, 15) is 0 Å². The zero-order valence-corrected chi connectivity index (χ0v) is 17.7. The van der Waals surface area contributed by atoms with Gasteiger partial charge in [0.2, 0.25) is 5.95 Å². The Balaban J connectivity index is 1.37. The Hall–Kier alpha value is -2.91. The van der Waals surface area contributed by atoms with Gasteiger partial charge in [-0.05, 0) is 61.9 Å². The maximum atomic E-state index is 6.24. The van der Waals surface area contributed by atoms with E-state index in [0.717, 1.165) is 58.6 Å². The van der Waals surface area contributed by atoms with E-state index in [-0.39, 0.29) is 5.54 Å². The summed E-state index contributed by atoms with van der Waals surface area (Å²) in [6.45, 7) is 3.85. The highest BCUT2D eigenvalue weighted by Crippen LogP contribution is 2.29. The minimum absolute atomic E-state index is 0.0964. The third kappa shape index (κ3) is 3.78. The molecule has 0 bridgehead atoms. The van der Waals surface area contributed by atoms with Crippen molar-refractivity contribution in [1.82, 2.24) is 24.9 Å². The van der Waals surface area contributed by atoms with Crippen LogP contribution in [0.4, 0.5) is 5.95 Å². The number of imidazole rings is 1. The summed E-state index contributed by atoms with van der Waals surface area (Å²) in [7, 11) is 1.66. The molecule has 1 fully saturated rings. The summed E-state index contributed by atoms with van der Waals surface area (Å²) in [5.74, 6) is 1.63. The number of anilines is 1. The molecule has 0 atom stereocenters. The number of benzene rings is 1. The number of pyridine rings is 1. The maximum Gasteiger partial charge on any atom is 0.206 e. The predicted octanol–water partition coefficient (Wildman–Crippen LogP) is 3.38. The molecule has 8 nitrogen and oxygen atoms in total. The number of hydrogen-bond acceptors (Lipinski definition) is 8. The zero-order valence-electron chi connectivity index (χ0n) is 16.9. The largest absolute Gasteiger partial charge is 0.497 e. The van der Waals surface area contributed by atoms with Crippen LogP contribution in [-0.2, 0) is 0 Å². The fraction of sp³-hybridized carbons (Fsp3) is 0.333. The molecule has 4 heterocycles. The second-order valence-electron chi connectivity index (χ2n) is 7.89. The van der Waals surface area contributed by atoms with Crippen LogP contribution in [0.25, 0.3) is 22.2 Å². The summed E-state index contributed by atoms with van der Waals surface area (Å²) in [4.78, 5) is 24.0. The monoisotopic (exact) mass is 421 g/mol. The Kier molecular flexibility index (Phi) is 4.71. The van der Waals surface area contributed by atoms with E-state index in [4.69, 9.17) is 15.5 Å². The maximum absolute atomic E-state index is 6.24. The molecule has 0 unspecified atom stereocenters. The molecule has 0 saturated carbocycles. The number of rotatable bonds is 4. The van der Waals surface area contributed by atoms with E-state index in [1.54, 1.807) is 13.3 Å². The van der Waals surface area contributed by atoms with Crippen molar-refractivity contribution in [3.8, 4) is 5.75 Å². The first-order chi connectivity index (χ1) is 14.5. The molecule has 30 heavy (non-hydrogen) atoms. The van der Waals surface area contributed by atoms with Gasteiger partial charge < -0.3 is 20.4 Å². The van der Waals surface area contributed by atoms with Crippen molar-refractivity contribution in [2.75, 3.05) is 25.1 Å². The summed E-state index contributed by atoms with van der Waals surface area (Å²) in [5.41, 5.74) is 8.35. The average molecular weight is 422 g/mol. The third-order valence-corrected chi connectivity index (χ3v) is 6.30. The third-order valence-electron chi connectivity index (χ3n) is 5.46. The number of nitrogens with zero attached hydrogens (tertiary/aromatic N) is 5. The molecular weight excluding hydrogens is 398 g/mol. The number of nitrogens with two attached hydrogens (primary N) is 1. The van der Waals surface area contributed by atoms with Gasteiger partial charge >= 0.3 is 0 Å². The van der Waals surface area contributed by atoms with Crippen LogP contribution in [0.15, 0.2) is 46.6 Å². The first-order valence-electron chi connectivity index (χ1n) is 9.88. The number of nitrogens with one attached hydrogen (secondary N) is 1. The SMILES string of the molecule is COc1ccc2nc(Sc3cnc4[nH]c(N5CCC(C)(N)CC5)nc4n3)ccc2c1. The Bertz CT molecular complexity index is 1210. The molecule has 0 spiro atoms. The molecule has 1 saturated heterocycles. The highest BCUT2D eigenvalue weighted by atomic mass is 32.2. The number of piperidine rings is 1. The van der Waals surface area contributed by atoms with Crippen molar-refractivity contribution < 1.29 is 4.74 Å². The van der Waals surface area contributed by atoms with E-state index in [0.29, 0.717) is 11.3 Å². The number of hydrogen-bond donors (Lipinski definition) is 2. The topological polar surface area (TPSA) is 106 Å². The minimum atomic E-state index is -0.0964. The molecule has 154 valence electrons. The van der Waals surface area contributed by atoms with E-state index >= 15 is 0 Å². The number of fused-ring (bicyclic) bond motifs is 2. The molecule has 9 heteroatoms. The minimum Gasteiger partial charge on any atom is -0.497 e. The fourth-order valence-electron chi connectivity index (χ4n) is 3.57. The van der Waals surface area contributed by atoms with Crippen molar-refractivity contribution >= 4 is 39.9 Å². The van der Waals surface area contributed by atoms with Gasteiger partial charge in [-0.25, -0.2) is 15.0 Å². The van der Waals surface area contributed by atoms with Gasteiger partial charge in [-0.1, -0.05) is 0 Å². The highest BCUT2D eigenvalue weighted by Gasteiger charge is 2.27. The first-order valence-corrected chi connectivity index (χ1v) is 10.7. The lowest BCUT2D eigenvalue weighted by Crippen LogP contribution is -2.48. The van der Waals surface area contributed by atoms with Crippen LogP contribution in [0.5, 0.6) is 5.75 Å². The van der Waals surface area contributed by atoms with Crippen LogP contribution in [0.2, 0.25) is 0 Å². The molecular formula is C21H23N7OS. The lowest BCUT2D eigenvalue weighted by molar-refractivity contribution is 0.362. The van der Waals surface area contributed by atoms with Gasteiger partial charge in [0.15, 0.2) is 11.3 Å². The molecule has 1 aliphatic rings. The quantitative estimate of drug-likeness (QED) is 0.517. The van der Waals surface area contributed by atoms with Gasteiger partial charge in [0.05, 0.1) is 18.8 Å². The number of aromatic nitrogens is 5. The summed E-state index contributed by atoms with van der Waals surface area (Å²) in [5, 5.41) is 2.65. The molecule has 1 aromatic carbocycles. The Morgan fingerprint density at radius 1 is 1.10 bits per heavy atom. The lowest BCUT2D eigenvalue weighted by atomic mass is 9.91. The second kappa shape index (κ2) is 7.41. The number of H-pyrrole nitrogens is 1. The molecule has 0 amide bonds. The Morgan fingerprint density at radius 3 is 2.73 bits per heavy atom. The molecule has 3 aromatic heterocycles. The number of methoxy groups -OCH3 is 1. The highest BCUT2D eigenvalue weighted by molar-refractivity contribution is 7.99. The van der Waals surface area contributed by atoms with E-state index < -0.39 is 0 Å². The summed E-state index contributed by atoms with van der Waals surface area (Å²) >= 11 is 1.47. The molecule has 3 N–H and O–H groups in total. The van der Waals surface area contributed by atoms with Crippen molar-refractivity contribution in [2.24, 2.45) is 5.73 Å². The van der Waals surface area contributed by atoms with Crippen molar-refractivity contribution in [3.05, 3.63) is 36.5 Å². The van der Waals surface area contributed by atoms with Gasteiger partial charge in [-0.3, -0.25) is 0 Å². The Morgan fingerprint density at radius 2 is 1.93 bits per heavy atom. The van der Waals surface area contributed by atoms with Crippen molar-refractivity contribution in [3.63, 3.8) is 0 Å². The second-order valence-corrected chi connectivity index (χ2v) is 8.93.